The van der Waals surface area contributed by atoms with Gasteiger partial charge in [-0.1, -0.05) is 30.3 Å². The molecule has 3 heterocycles. The van der Waals surface area contributed by atoms with E-state index in [2.05, 4.69) is 44.3 Å². The lowest BCUT2D eigenvalue weighted by Gasteiger charge is -2.37. The lowest BCUT2D eigenvalue weighted by Crippen LogP contribution is -2.49. The molecule has 29 heavy (non-hydrogen) atoms. The van der Waals surface area contributed by atoms with Gasteiger partial charge in [-0.05, 0) is 24.3 Å². The van der Waals surface area contributed by atoms with E-state index in [1.807, 2.05) is 11.0 Å². The molecular weight excluding hydrogens is 366 g/mol. The fourth-order valence-electron chi connectivity index (χ4n) is 4.38. The van der Waals surface area contributed by atoms with E-state index < -0.39 is 0 Å². The van der Waals surface area contributed by atoms with Crippen LogP contribution in [0, 0.1) is 5.92 Å². The summed E-state index contributed by atoms with van der Waals surface area (Å²) in [7, 11) is 0. The van der Waals surface area contributed by atoms with E-state index in [0.717, 1.165) is 64.3 Å². The second-order valence-corrected chi connectivity index (χ2v) is 8.10. The maximum absolute atomic E-state index is 12.9. The van der Waals surface area contributed by atoms with Crippen molar-refractivity contribution in [3.63, 3.8) is 0 Å². The number of carbonyl (C=O) groups excluding carboxylic acids is 1. The van der Waals surface area contributed by atoms with E-state index in [9.17, 15) is 9.59 Å². The molecule has 2 saturated heterocycles. The number of anilines is 1. The molecule has 1 unspecified atom stereocenters. The normalized spacial score (nSPS) is 20.6. The van der Waals surface area contributed by atoms with E-state index >= 15 is 0 Å². The van der Waals surface area contributed by atoms with Gasteiger partial charge in [0.2, 0.25) is 5.91 Å². The monoisotopic (exact) mass is 395 g/mol. The van der Waals surface area contributed by atoms with Crippen LogP contribution in [0.1, 0.15) is 24.8 Å². The largest absolute Gasteiger partial charge is 0.370 e. The van der Waals surface area contributed by atoms with Crippen LogP contribution in [0.25, 0.3) is 0 Å². The van der Waals surface area contributed by atoms with Crippen molar-refractivity contribution >= 4 is 11.6 Å². The molecule has 2 aliphatic heterocycles. The van der Waals surface area contributed by atoms with Crippen LogP contribution in [0.5, 0.6) is 0 Å². The quantitative estimate of drug-likeness (QED) is 0.835. The van der Waals surface area contributed by atoms with Crippen molar-refractivity contribution in [3.05, 3.63) is 58.5 Å². The Morgan fingerprint density at radius 1 is 1.10 bits per heavy atom. The van der Waals surface area contributed by atoms with Crippen molar-refractivity contribution in [2.45, 2.75) is 25.8 Å². The van der Waals surface area contributed by atoms with E-state index in [-0.39, 0.29) is 11.5 Å². The zero-order valence-electron chi connectivity index (χ0n) is 16.8. The summed E-state index contributed by atoms with van der Waals surface area (Å²) in [6.45, 7) is 6.13. The number of nitrogens with zero attached hydrogens (tertiary/aromatic N) is 4. The molecule has 0 saturated carbocycles. The number of amides is 1. The Kier molecular flexibility index (Phi) is 6.24. The van der Waals surface area contributed by atoms with Crippen molar-refractivity contribution in [2.24, 2.45) is 5.92 Å². The number of rotatable bonds is 5. The van der Waals surface area contributed by atoms with E-state index in [4.69, 9.17) is 0 Å². The van der Waals surface area contributed by atoms with Crippen LogP contribution in [-0.4, -0.2) is 65.2 Å². The average molecular weight is 396 g/mol. The third-order valence-electron chi connectivity index (χ3n) is 5.97. The Morgan fingerprint density at radius 2 is 1.90 bits per heavy atom. The minimum atomic E-state index is -0.186. The number of carbonyl (C=O) groups is 1. The number of aromatic nitrogens is 2. The molecule has 1 atom stereocenters. The van der Waals surface area contributed by atoms with Crippen LogP contribution in [-0.2, 0) is 11.3 Å². The average Bonchev–Trinajstić information content (AvgIpc) is 2.75. The fourth-order valence-corrected chi connectivity index (χ4v) is 4.38. The highest BCUT2D eigenvalue weighted by Crippen LogP contribution is 2.24. The number of hydrogen-bond acceptors (Lipinski definition) is 5. The second kappa shape index (κ2) is 9.22. The number of nitrogens with one attached hydrogen (secondary N) is 1. The second-order valence-electron chi connectivity index (χ2n) is 8.10. The highest BCUT2D eigenvalue weighted by atomic mass is 16.2. The van der Waals surface area contributed by atoms with Gasteiger partial charge in [-0.3, -0.25) is 14.5 Å². The molecule has 1 N–H and O–H groups in total. The predicted octanol–water partition coefficient (Wildman–Crippen LogP) is 1.72. The number of piperazine rings is 1. The van der Waals surface area contributed by atoms with Gasteiger partial charge < -0.3 is 9.80 Å². The highest BCUT2D eigenvalue weighted by molar-refractivity contribution is 5.76. The number of piperidine rings is 1. The lowest BCUT2D eigenvalue weighted by atomic mass is 9.93. The van der Waals surface area contributed by atoms with Crippen molar-refractivity contribution < 1.29 is 4.79 Å². The molecule has 1 amide bonds. The van der Waals surface area contributed by atoms with Crippen LogP contribution >= 0.6 is 0 Å². The number of H-pyrrole nitrogens is 1. The van der Waals surface area contributed by atoms with Crippen LogP contribution in [0.2, 0.25) is 0 Å². The molecule has 1 aromatic heterocycles. The first kappa shape index (κ1) is 19.6. The van der Waals surface area contributed by atoms with Gasteiger partial charge in [0.1, 0.15) is 0 Å². The van der Waals surface area contributed by atoms with Crippen LogP contribution in [0.3, 0.4) is 0 Å². The molecule has 0 bridgehead atoms. The Hall–Kier alpha value is -2.67. The first-order valence-corrected chi connectivity index (χ1v) is 10.5. The SMILES string of the molecule is O=C(CC1CCCN(c2cn[nH]c(=O)c2)C1)N1CCN(Cc2ccccc2)CC1. The lowest BCUT2D eigenvalue weighted by molar-refractivity contribution is -0.134. The maximum Gasteiger partial charge on any atom is 0.266 e. The summed E-state index contributed by atoms with van der Waals surface area (Å²) in [6, 6.07) is 12.1. The summed E-state index contributed by atoms with van der Waals surface area (Å²) in [4.78, 5) is 31.0. The topological polar surface area (TPSA) is 72.5 Å². The number of benzene rings is 1. The molecule has 154 valence electrons. The van der Waals surface area contributed by atoms with Crippen LogP contribution in [0.4, 0.5) is 5.69 Å². The van der Waals surface area contributed by atoms with E-state index in [0.29, 0.717) is 12.3 Å². The zero-order valence-corrected chi connectivity index (χ0v) is 16.8. The summed E-state index contributed by atoms with van der Waals surface area (Å²) in [5, 5.41) is 6.32. The van der Waals surface area contributed by atoms with E-state index in [1.165, 1.54) is 5.56 Å². The molecule has 2 aliphatic rings. The summed E-state index contributed by atoms with van der Waals surface area (Å²) >= 11 is 0. The van der Waals surface area contributed by atoms with E-state index in [1.54, 1.807) is 12.3 Å². The van der Waals surface area contributed by atoms with Crippen molar-refractivity contribution in [2.75, 3.05) is 44.2 Å². The van der Waals surface area contributed by atoms with Gasteiger partial charge in [0.15, 0.2) is 0 Å². The van der Waals surface area contributed by atoms with Crippen molar-refractivity contribution in [3.8, 4) is 0 Å². The summed E-state index contributed by atoms with van der Waals surface area (Å²) < 4.78 is 0. The van der Waals surface area contributed by atoms with Crippen molar-refractivity contribution in [1.29, 1.82) is 0 Å². The minimum Gasteiger partial charge on any atom is -0.370 e. The zero-order chi connectivity index (χ0) is 20.1. The Bertz CT molecular complexity index is 861. The Labute approximate surface area is 171 Å². The molecule has 0 aliphatic carbocycles. The van der Waals surface area contributed by atoms with Gasteiger partial charge in [-0.2, -0.15) is 5.10 Å². The molecule has 7 nitrogen and oxygen atoms in total. The first-order valence-electron chi connectivity index (χ1n) is 10.5. The third kappa shape index (κ3) is 5.23. The molecule has 0 radical (unpaired) electrons. The fraction of sp³-hybridized carbons (Fsp3) is 0.500. The van der Waals surface area contributed by atoms with Gasteiger partial charge in [0, 0.05) is 58.3 Å². The molecule has 7 heteroatoms. The Balaban J connectivity index is 1.26. The van der Waals surface area contributed by atoms with Crippen LogP contribution < -0.4 is 10.5 Å². The van der Waals surface area contributed by atoms with Gasteiger partial charge in [-0.25, -0.2) is 5.10 Å². The molecular formula is C22H29N5O2. The van der Waals surface area contributed by atoms with Gasteiger partial charge >= 0.3 is 0 Å². The maximum atomic E-state index is 12.9. The number of aromatic amines is 1. The summed E-state index contributed by atoms with van der Waals surface area (Å²) in [5.74, 6) is 0.595. The molecule has 0 spiro atoms. The van der Waals surface area contributed by atoms with Gasteiger partial charge in [0.05, 0.1) is 11.9 Å². The highest BCUT2D eigenvalue weighted by Gasteiger charge is 2.27. The first-order chi connectivity index (χ1) is 14.2. The number of hydrogen-bond donors (Lipinski definition) is 1. The summed E-state index contributed by atoms with van der Waals surface area (Å²) in [6.07, 6.45) is 4.38. The standard InChI is InChI=1S/C22H29N5O2/c28-21-14-20(15-23-24-21)27-8-4-7-19(17-27)13-22(29)26-11-9-25(10-12-26)16-18-5-2-1-3-6-18/h1-3,5-6,14-15,19H,4,7-13,16-17H2,(H,24,28). The molecule has 2 aromatic rings. The third-order valence-corrected chi connectivity index (χ3v) is 5.97. The van der Waals surface area contributed by atoms with Crippen LogP contribution in [0.15, 0.2) is 47.4 Å². The smallest absolute Gasteiger partial charge is 0.266 e. The molecule has 2 fully saturated rings. The van der Waals surface area contributed by atoms with Gasteiger partial charge in [-0.15, -0.1) is 0 Å². The molecule has 4 rings (SSSR count). The minimum absolute atomic E-state index is 0.186. The molecule has 1 aromatic carbocycles. The van der Waals surface area contributed by atoms with Gasteiger partial charge in [0.25, 0.3) is 5.56 Å². The summed E-state index contributed by atoms with van der Waals surface area (Å²) in [5.41, 5.74) is 1.98. The Morgan fingerprint density at radius 3 is 2.66 bits per heavy atom. The predicted molar refractivity (Wildman–Crippen MR) is 113 cm³/mol. The van der Waals surface area contributed by atoms with Crippen molar-refractivity contribution in [1.82, 2.24) is 20.0 Å².